The lowest BCUT2D eigenvalue weighted by Gasteiger charge is -2.20. The fraction of sp³-hybridized carbons (Fsp3) is 0.429. The molecule has 0 fully saturated rings. The molecule has 1 rings (SSSR count). The van der Waals surface area contributed by atoms with Gasteiger partial charge in [-0.1, -0.05) is 24.6 Å². The zero-order valence-corrected chi connectivity index (χ0v) is 12.0. The fourth-order valence-electron chi connectivity index (χ4n) is 1.73. The minimum Gasteiger partial charge on any atom is -0.350 e. The molecule has 0 bridgehead atoms. The van der Waals surface area contributed by atoms with E-state index in [0.717, 1.165) is 6.42 Å². The van der Waals surface area contributed by atoms with Gasteiger partial charge in [0.05, 0.1) is 0 Å². The molecule has 2 amide bonds. The molecular formula is C14H19ClN2O2. The van der Waals surface area contributed by atoms with Crippen LogP contribution in [0.5, 0.6) is 0 Å². The molecule has 1 aromatic rings. The lowest BCUT2D eigenvalue weighted by atomic mass is 10.2. The van der Waals surface area contributed by atoms with Crippen molar-refractivity contribution in [3.05, 3.63) is 34.9 Å². The smallest absolute Gasteiger partial charge is 0.251 e. The van der Waals surface area contributed by atoms with Crippen LogP contribution in [0.15, 0.2) is 24.3 Å². The summed E-state index contributed by atoms with van der Waals surface area (Å²) in [5, 5.41) is 3.31. The normalized spacial score (nSPS) is 10.1. The molecule has 104 valence electrons. The van der Waals surface area contributed by atoms with Gasteiger partial charge in [-0.3, -0.25) is 9.59 Å². The van der Waals surface area contributed by atoms with Crippen LogP contribution in [0.3, 0.4) is 0 Å². The molecule has 1 N–H and O–H groups in total. The molecule has 0 aliphatic carbocycles. The average molecular weight is 283 g/mol. The molecular weight excluding hydrogens is 264 g/mol. The van der Waals surface area contributed by atoms with Gasteiger partial charge >= 0.3 is 0 Å². The Morgan fingerprint density at radius 1 is 1.32 bits per heavy atom. The number of hydrogen-bond donors (Lipinski definition) is 1. The van der Waals surface area contributed by atoms with Gasteiger partial charge in [-0.2, -0.15) is 0 Å². The topological polar surface area (TPSA) is 49.4 Å². The Bertz CT molecular complexity index is 449. The van der Waals surface area contributed by atoms with Gasteiger partial charge in [0.1, 0.15) is 0 Å². The molecule has 0 saturated carbocycles. The quantitative estimate of drug-likeness (QED) is 0.870. The second kappa shape index (κ2) is 7.79. The molecule has 0 heterocycles. The lowest BCUT2D eigenvalue weighted by molar-refractivity contribution is -0.128. The van der Waals surface area contributed by atoms with Gasteiger partial charge in [0.2, 0.25) is 5.91 Å². The summed E-state index contributed by atoms with van der Waals surface area (Å²) >= 11 is 5.82. The summed E-state index contributed by atoms with van der Waals surface area (Å²) in [4.78, 5) is 24.9. The third-order valence-electron chi connectivity index (χ3n) is 2.69. The van der Waals surface area contributed by atoms with E-state index in [1.807, 2.05) is 6.92 Å². The van der Waals surface area contributed by atoms with E-state index in [9.17, 15) is 9.59 Å². The van der Waals surface area contributed by atoms with Gasteiger partial charge in [-0.05, 0) is 24.6 Å². The van der Waals surface area contributed by atoms with Crippen LogP contribution in [0.1, 0.15) is 30.6 Å². The maximum atomic E-state index is 11.8. The van der Waals surface area contributed by atoms with E-state index in [4.69, 9.17) is 11.6 Å². The first-order valence-corrected chi connectivity index (χ1v) is 6.71. The maximum Gasteiger partial charge on any atom is 0.251 e. The third kappa shape index (κ3) is 5.30. The van der Waals surface area contributed by atoms with E-state index in [1.165, 1.54) is 6.92 Å². The Labute approximate surface area is 118 Å². The van der Waals surface area contributed by atoms with Crippen LogP contribution in [-0.4, -0.2) is 36.3 Å². The van der Waals surface area contributed by atoms with Crippen molar-refractivity contribution >= 4 is 23.4 Å². The van der Waals surface area contributed by atoms with Crippen molar-refractivity contribution in [3.63, 3.8) is 0 Å². The molecule has 0 aromatic heterocycles. The Hall–Kier alpha value is -1.55. The largest absolute Gasteiger partial charge is 0.350 e. The molecule has 0 spiro atoms. The van der Waals surface area contributed by atoms with E-state index >= 15 is 0 Å². The Morgan fingerprint density at radius 2 is 2.05 bits per heavy atom. The number of benzene rings is 1. The summed E-state index contributed by atoms with van der Waals surface area (Å²) in [5.41, 5.74) is 0.525. The molecule has 0 aliphatic heterocycles. The van der Waals surface area contributed by atoms with Crippen molar-refractivity contribution in [3.8, 4) is 0 Å². The SMILES string of the molecule is CCCN(CCNC(=O)c1cccc(Cl)c1)C(C)=O. The van der Waals surface area contributed by atoms with Crippen molar-refractivity contribution in [2.24, 2.45) is 0 Å². The van der Waals surface area contributed by atoms with Crippen molar-refractivity contribution in [1.82, 2.24) is 10.2 Å². The molecule has 0 radical (unpaired) electrons. The zero-order valence-electron chi connectivity index (χ0n) is 11.3. The van der Waals surface area contributed by atoms with Crippen LogP contribution in [0.25, 0.3) is 0 Å². The Balaban J connectivity index is 2.44. The molecule has 4 nitrogen and oxygen atoms in total. The predicted molar refractivity (Wildman–Crippen MR) is 76.3 cm³/mol. The van der Waals surface area contributed by atoms with Crippen LogP contribution in [0.2, 0.25) is 5.02 Å². The molecule has 0 atom stereocenters. The van der Waals surface area contributed by atoms with Crippen molar-refractivity contribution in [2.45, 2.75) is 20.3 Å². The monoisotopic (exact) mass is 282 g/mol. The van der Waals surface area contributed by atoms with Crippen LogP contribution < -0.4 is 5.32 Å². The van der Waals surface area contributed by atoms with E-state index in [1.54, 1.807) is 29.2 Å². The molecule has 19 heavy (non-hydrogen) atoms. The van der Waals surface area contributed by atoms with Gasteiger partial charge in [0.25, 0.3) is 5.91 Å². The molecule has 1 aromatic carbocycles. The van der Waals surface area contributed by atoms with Crippen LogP contribution in [0, 0.1) is 0 Å². The number of carbonyl (C=O) groups excluding carboxylic acids is 2. The predicted octanol–water partition coefficient (Wildman–Crippen LogP) is 2.33. The van der Waals surface area contributed by atoms with Gasteiger partial charge in [0.15, 0.2) is 0 Å². The number of nitrogens with zero attached hydrogens (tertiary/aromatic N) is 1. The van der Waals surface area contributed by atoms with Crippen molar-refractivity contribution in [1.29, 1.82) is 0 Å². The highest BCUT2D eigenvalue weighted by atomic mass is 35.5. The molecule has 0 saturated heterocycles. The van der Waals surface area contributed by atoms with Crippen LogP contribution in [0.4, 0.5) is 0 Å². The standard InChI is InChI=1S/C14H19ClN2O2/c1-3-8-17(11(2)18)9-7-16-14(19)12-5-4-6-13(15)10-12/h4-6,10H,3,7-9H2,1-2H3,(H,16,19). The first kappa shape index (κ1) is 15.5. The third-order valence-corrected chi connectivity index (χ3v) is 2.93. The number of hydrogen-bond acceptors (Lipinski definition) is 2. The number of amides is 2. The number of rotatable bonds is 6. The highest BCUT2D eigenvalue weighted by Crippen LogP contribution is 2.10. The van der Waals surface area contributed by atoms with Crippen molar-refractivity contribution in [2.75, 3.05) is 19.6 Å². The summed E-state index contributed by atoms with van der Waals surface area (Å²) in [7, 11) is 0. The number of halogens is 1. The van der Waals surface area contributed by atoms with E-state index in [-0.39, 0.29) is 11.8 Å². The van der Waals surface area contributed by atoms with Gasteiger partial charge in [-0.15, -0.1) is 0 Å². The van der Waals surface area contributed by atoms with Crippen molar-refractivity contribution < 1.29 is 9.59 Å². The second-order valence-electron chi connectivity index (χ2n) is 4.27. The summed E-state index contributed by atoms with van der Waals surface area (Å²) in [5.74, 6) is -0.152. The fourth-order valence-corrected chi connectivity index (χ4v) is 1.92. The lowest BCUT2D eigenvalue weighted by Crippen LogP contribution is -2.37. The minimum absolute atomic E-state index is 0.0267. The average Bonchev–Trinajstić information content (AvgIpc) is 2.37. The van der Waals surface area contributed by atoms with E-state index < -0.39 is 0 Å². The summed E-state index contributed by atoms with van der Waals surface area (Å²) < 4.78 is 0. The molecule has 0 aliphatic rings. The Morgan fingerprint density at radius 3 is 2.63 bits per heavy atom. The number of nitrogens with one attached hydrogen (secondary N) is 1. The highest BCUT2D eigenvalue weighted by Gasteiger charge is 2.09. The first-order valence-electron chi connectivity index (χ1n) is 6.34. The van der Waals surface area contributed by atoms with Gasteiger partial charge in [-0.25, -0.2) is 0 Å². The van der Waals surface area contributed by atoms with E-state index in [0.29, 0.717) is 30.2 Å². The maximum absolute atomic E-state index is 11.8. The second-order valence-corrected chi connectivity index (χ2v) is 4.71. The first-order chi connectivity index (χ1) is 9.04. The zero-order chi connectivity index (χ0) is 14.3. The molecule has 0 unspecified atom stereocenters. The van der Waals surface area contributed by atoms with Crippen LogP contribution >= 0.6 is 11.6 Å². The summed E-state index contributed by atoms with van der Waals surface area (Å²) in [6.07, 6.45) is 0.905. The highest BCUT2D eigenvalue weighted by molar-refractivity contribution is 6.30. The minimum atomic E-state index is -0.178. The Kier molecular flexibility index (Phi) is 6.36. The van der Waals surface area contributed by atoms with Gasteiger partial charge < -0.3 is 10.2 Å². The number of carbonyl (C=O) groups is 2. The summed E-state index contributed by atoms with van der Waals surface area (Å²) in [6.45, 7) is 5.22. The summed E-state index contributed by atoms with van der Waals surface area (Å²) in [6, 6.07) is 6.77. The van der Waals surface area contributed by atoms with E-state index in [2.05, 4.69) is 5.32 Å². The van der Waals surface area contributed by atoms with Crippen LogP contribution in [-0.2, 0) is 4.79 Å². The molecule has 5 heteroatoms. The van der Waals surface area contributed by atoms with Gasteiger partial charge in [0, 0.05) is 37.1 Å².